The number of carbonyl (C=O) groups excluding carboxylic acids is 1. The van der Waals surface area contributed by atoms with E-state index in [1.807, 2.05) is 0 Å². The second kappa shape index (κ2) is 2.29. The van der Waals surface area contributed by atoms with Crippen LogP contribution in [-0.2, 0) is 4.79 Å². The normalized spacial score (nSPS) is 11.1. The van der Waals surface area contributed by atoms with E-state index in [2.05, 4.69) is 6.58 Å². The molecule has 0 bridgehead atoms. The zero-order valence-corrected chi connectivity index (χ0v) is 5.99. The summed E-state index contributed by atoms with van der Waals surface area (Å²) in [4.78, 5) is 10.0. The Morgan fingerprint density at radius 2 is 1.78 bits per heavy atom. The van der Waals surface area contributed by atoms with Gasteiger partial charge in [-0.3, -0.25) is 4.79 Å². The van der Waals surface area contributed by atoms with Gasteiger partial charge in [0, 0.05) is 5.57 Å². The lowest BCUT2D eigenvalue weighted by molar-refractivity contribution is -0.126. The summed E-state index contributed by atoms with van der Waals surface area (Å²) in [5.41, 5.74) is -0.409. The molecule has 0 fully saturated rings. The maximum Gasteiger partial charge on any atom is 0.328 e. The highest BCUT2D eigenvalue weighted by Crippen LogP contribution is 2.23. The fraction of sp³-hybridized carbons (Fsp3) is 0.571. The molecular weight excluding hydrogens is 119 g/mol. The molecule has 0 aliphatic heterocycles. The van der Waals surface area contributed by atoms with Gasteiger partial charge in [-0.2, -0.15) is 4.39 Å². The van der Waals surface area contributed by atoms with Crippen LogP contribution in [0.1, 0.15) is 20.8 Å². The van der Waals surface area contributed by atoms with Gasteiger partial charge in [-0.15, -0.1) is 0 Å². The van der Waals surface area contributed by atoms with Crippen LogP contribution in [0.2, 0.25) is 0 Å². The van der Waals surface area contributed by atoms with Crippen LogP contribution in [0, 0.1) is 5.41 Å². The average molecular weight is 130 g/mol. The molecule has 0 saturated carbocycles. The van der Waals surface area contributed by atoms with Gasteiger partial charge in [0.15, 0.2) is 0 Å². The monoisotopic (exact) mass is 130 g/mol. The molecule has 0 aliphatic carbocycles. The van der Waals surface area contributed by atoms with E-state index in [-0.39, 0.29) is 5.57 Å². The molecule has 1 nitrogen and oxygen atoms in total. The molecule has 0 radical (unpaired) electrons. The summed E-state index contributed by atoms with van der Waals surface area (Å²) in [7, 11) is 0. The van der Waals surface area contributed by atoms with Crippen LogP contribution in [-0.4, -0.2) is 6.04 Å². The van der Waals surface area contributed by atoms with E-state index in [0.717, 1.165) is 0 Å². The Kier molecular flexibility index (Phi) is 2.13. The zero-order chi connectivity index (χ0) is 7.65. The van der Waals surface area contributed by atoms with Gasteiger partial charge in [0.2, 0.25) is 0 Å². The van der Waals surface area contributed by atoms with Crippen molar-refractivity contribution in [2.45, 2.75) is 20.8 Å². The lowest BCUT2D eigenvalue weighted by atomic mass is 9.88. The fourth-order valence-electron chi connectivity index (χ4n) is 0.295. The van der Waals surface area contributed by atoms with Crippen LogP contribution in [0.3, 0.4) is 0 Å². The Hall–Kier alpha value is -0.660. The summed E-state index contributed by atoms with van der Waals surface area (Å²) in [5.74, 6) is 0. The molecular formula is C7H11FO. The first-order valence-corrected chi connectivity index (χ1v) is 2.75. The Bertz CT molecular complexity index is 141. The molecule has 0 spiro atoms. The van der Waals surface area contributed by atoms with Gasteiger partial charge < -0.3 is 0 Å². The first kappa shape index (κ1) is 8.34. The molecule has 2 heteroatoms. The predicted molar refractivity (Wildman–Crippen MR) is 34.7 cm³/mol. The minimum atomic E-state index is -1.41. The standard InChI is InChI=1S/C7H11FO/c1-5(6(8)9)7(2,3)4/h1H2,2-4H3. The number of hydrogen-bond acceptors (Lipinski definition) is 1. The number of hydrogen-bond donors (Lipinski definition) is 0. The number of rotatable bonds is 1. The van der Waals surface area contributed by atoms with Gasteiger partial charge in [-0.1, -0.05) is 27.4 Å². The van der Waals surface area contributed by atoms with Gasteiger partial charge in [-0.05, 0) is 5.41 Å². The van der Waals surface area contributed by atoms with Gasteiger partial charge in [0.25, 0.3) is 0 Å². The van der Waals surface area contributed by atoms with Crippen LogP contribution in [0.15, 0.2) is 12.2 Å². The van der Waals surface area contributed by atoms with E-state index in [0.29, 0.717) is 0 Å². The summed E-state index contributed by atoms with van der Waals surface area (Å²) in [6.07, 6.45) is 0. The highest BCUT2D eigenvalue weighted by molar-refractivity contribution is 5.87. The number of carbonyl (C=O) groups is 1. The highest BCUT2D eigenvalue weighted by Gasteiger charge is 2.20. The van der Waals surface area contributed by atoms with Gasteiger partial charge >= 0.3 is 6.04 Å². The first-order valence-electron chi connectivity index (χ1n) is 2.75. The van der Waals surface area contributed by atoms with Gasteiger partial charge in [0.05, 0.1) is 0 Å². The molecule has 0 saturated heterocycles. The van der Waals surface area contributed by atoms with Crippen molar-refractivity contribution < 1.29 is 9.18 Å². The summed E-state index contributed by atoms with van der Waals surface area (Å²) in [6.45, 7) is 8.53. The minimum absolute atomic E-state index is 0.0301. The molecule has 0 aromatic carbocycles. The van der Waals surface area contributed by atoms with E-state index in [4.69, 9.17) is 0 Å². The van der Waals surface area contributed by atoms with E-state index in [1.54, 1.807) is 20.8 Å². The van der Waals surface area contributed by atoms with Gasteiger partial charge in [-0.25, -0.2) is 0 Å². The molecule has 0 aliphatic rings. The van der Waals surface area contributed by atoms with Crippen molar-refractivity contribution in [2.75, 3.05) is 0 Å². The predicted octanol–water partition coefficient (Wildman–Crippen LogP) is 2.08. The Morgan fingerprint density at radius 1 is 1.44 bits per heavy atom. The van der Waals surface area contributed by atoms with Crippen LogP contribution in [0.5, 0.6) is 0 Å². The van der Waals surface area contributed by atoms with E-state index in [1.165, 1.54) is 0 Å². The maximum absolute atomic E-state index is 11.9. The summed E-state index contributed by atoms with van der Waals surface area (Å²) < 4.78 is 11.9. The van der Waals surface area contributed by atoms with Gasteiger partial charge in [0.1, 0.15) is 0 Å². The summed E-state index contributed by atoms with van der Waals surface area (Å²) in [6, 6.07) is -1.41. The van der Waals surface area contributed by atoms with Crippen molar-refractivity contribution in [1.82, 2.24) is 0 Å². The SMILES string of the molecule is C=C(C(=O)F)C(C)(C)C. The fourth-order valence-corrected chi connectivity index (χ4v) is 0.295. The molecule has 0 aromatic heterocycles. The van der Waals surface area contributed by atoms with Crippen molar-refractivity contribution in [3.8, 4) is 0 Å². The highest BCUT2D eigenvalue weighted by atomic mass is 19.1. The molecule has 0 heterocycles. The number of allylic oxidation sites excluding steroid dienone is 1. The van der Waals surface area contributed by atoms with E-state index in [9.17, 15) is 9.18 Å². The molecule has 0 N–H and O–H groups in total. The largest absolute Gasteiger partial charge is 0.328 e. The summed E-state index contributed by atoms with van der Waals surface area (Å²) in [5, 5.41) is 0. The van der Waals surface area contributed by atoms with Crippen molar-refractivity contribution in [3.63, 3.8) is 0 Å². The van der Waals surface area contributed by atoms with Crippen LogP contribution in [0.25, 0.3) is 0 Å². The smallest absolute Gasteiger partial charge is 0.256 e. The number of halogens is 1. The quantitative estimate of drug-likeness (QED) is 0.392. The summed E-state index contributed by atoms with van der Waals surface area (Å²) >= 11 is 0. The minimum Gasteiger partial charge on any atom is -0.256 e. The molecule has 0 atom stereocenters. The Morgan fingerprint density at radius 3 is 1.78 bits per heavy atom. The third-order valence-electron chi connectivity index (χ3n) is 1.14. The second-order valence-electron chi connectivity index (χ2n) is 3.00. The third kappa shape index (κ3) is 2.40. The van der Waals surface area contributed by atoms with E-state index < -0.39 is 11.5 Å². The Balaban J connectivity index is 4.23. The molecule has 9 heavy (non-hydrogen) atoms. The maximum atomic E-state index is 11.9. The third-order valence-corrected chi connectivity index (χ3v) is 1.14. The molecule has 0 aromatic rings. The first-order chi connectivity index (χ1) is 3.85. The topological polar surface area (TPSA) is 17.1 Å². The zero-order valence-electron chi connectivity index (χ0n) is 5.99. The molecule has 52 valence electrons. The van der Waals surface area contributed by atoms with Crippen molar-refractivity contribution in [2.24, 2.45) is 5.41 Å². The Labute approximate surface area is 54.6 Å². The van der Waals surface area contributed by atoms with Crippen LogP contribution >= 0.6 is 0 Å². The second-order valence-corrected chi connectivity index (χ2v) is 3.00. The van der Waals surface area contributed by atoms with Crippen molar-refractivity contribution in [3.05, 3.63) is 12.2 Å². The van der Waals surface area contributed by atoms with Crippen molar-refractivity contribution >= 4 is 6.04 Å². The lowest BCUT2D eigenvalue weighted by Crippen LogP contribution is -2.13. The van der Waals surface area contributed by atoms with E-state index >= 15 is 0 Å². The molecule has 0 unspecified atom stereocenters. The average Bonchev–Trinajstić information content (AvgIpc) is 1.62. The molecule has 0 rings (SSSR count). The van der Waals surface area contributed by atoms with Crippen molar-refractivity contribution in [1.29, 1.82) is 0 Å². The molecule has 0 amide bonds. The lowest BCUT2D eigenvalue weighted by Gasteiger charge is -2.16. The van der Waals surface area contributed by atoms with Crippen LogP contribution < -0.4 is 0 Å². The van der Waals surface area contributed by atoms with Crippen LogP contribution in [0.4, 0.5) is 4.39 Å².